The maximum absolute atomic E-state index is 11.5. The van der Waals surface area contributed by atoms with Crippen LogP contribution in [0.2, 0.25) is 0 Å². The zero-order chi connectivity index (χ0) is 11.3. The molecule has 0 fully saturated rings. The van der Waals surface area contributed by atoms with Gasteiger partial charge < -0.3 is 5.32 Å². The molecule has 4 heteroatoms. The third-order valence-corrected chi connectivity index (χ3v) is 1.68. The predicted molar refractivity (Wildman–Crippen MR) is 57.6 cm³/mol. The number of benzene rings is 1. The van der Waals surface area contributed by atoms with Gasteiger partial charge in [-0.15, -0.1) is 0 Å². The second-order valence-corrected chi connectivity index (χ2v) is 3.45. The first-order chi connectivity index (χ1) is 7.09. The van der Waals surface area contributed by atoms with E-state index >= 15 is 0 Å². The molecular formula is C11H14N2O2. The molecule has 2 N–H and O–H groups in total. The van der Waals surface area contributed by atoms with E-state index < -0.39 is 11.9 Å². The smallest absolute Gasteiger partial charge is 0.321 e. The van der Waals surface area contributed by atoms with Crippen molar-refractivity contribution in [2.75, 3.05) is 0 Å². The number of hydrogen-bond donors (Lipinski definition) is 2. The van der Waals surface area contributed by atoms with E-state index in [4.69, 9.17) is 0 Å². The molecule has 0 saturated heterocycles. The van der Waals surface area contributed by atoms with Crippen LogP contribution in [0.25, 0.3) is 0 Å². The molecule has 0 aromatic heterocycles. The van der Waals surface area contributed by atoms with Crippen LogP contribution in [0.4, 0.5) is 4.79 Å². The van der Waals surface area contributed by atoms with E-state index in [-0.39, 0.29) is 6.04 Å². The molecule has 0 aliphatic heterocycles. The maximum Gasteiger partial charge on any atom is 0.321 e. The van der Waals surface area contributed by atoms with E-state index in [0.717, 1.165) is 0 Å². The Labute approximate surface area is 88.7 Å². The minimum Gasteiger partial charge on any atom is -0.336 e. The van der Waals surface area contributed by atoms with Gasteiger partial charge in [-0.1, -0.05) is 18.2 Å². The van der Waals surface area contributed by atoms with Crippen LogP contribution in [0.1, 0.15) is 24.2 Å². The first-order valence-corrected chi connectivity index (χ1v) is 4.76. The van der Waals surface area contributed by atoms with Crippen LogP contribution in [-0.2, 0) is 0 Å². The summed E-state index contributed by atoms with van der Waals surface area (Å²) in [5.74, 6) is -0.395. The Morgan fingerprint density at radius 3 is 2.27 bits per heavy atom. The molecule has 0 aliphatic carbocycles. The monoisotopic (exact) mass is 206 g/mol. The van der Waals surface area contributed by atoms with Crippen molar-refractivity contribution >= 4 is 11.9 Å². The molecule has 80 valence electrons. The van der Waals surface area contributed by atoms with Gasteiger partial charge in [0.15, 0.2) is 0 Å². The second kappa shape index (κ2) is 5.14. The van der Waals surface area contributed by atoms with Crippen molar-refractivity contribution in [1.29, 1.82) is 0 Å². The molecule has 4 nitrogen and oxygen atoms in total. The van der Waals surface area contributed by atoms with Crippen molar-refractivity contribution in [3.63, 3.8) is 0 Å². The topological polar surface area (TPSA) is 58.2 Å². The zero-order valence-electron chi connectivity index (χ0n) is 8.78. The van der Waals surface area contributed by atoms with Crippen molar-refractivity contribution in [2.45, 2.75) is 19.9 Å². The lowest BCUT2D eigenvalue weighted by Gasteiger charge is -2.08. The van der Waals surface area contributed by atoms with E-state index in [2.05, 4.69) is 10.6 Å². The summed E-state index contributed by atoms with van der Waals surface area (Å²) in [6.45, 7) is 3.65. The summed E-state index contributed by atoms with van der Waals surface area (Å²) >= 11 is 0. The third-order valence-electron chi connectivity index (χ3n) is 1.68. The van der Waals surface area contributed by atoms with Gasteiger partial charge in [0.1, 0.15) is 0 Å². The number of nitrogens with one attached hydrogen (secondary N) is 2. The van der Waals surface area contributed by atoms with Crippen LogP contribution in [0, 0.1) is 0 Å². The summed E-state index contributed by atoms with van der Waals surface area (Å²) in [4.78, 5) is 22.7. The van der Waals surface area contributed by atoms with Gasteiger partial charge >= 0.3 is 6.03 Å². The van der Waals surface area contributed by atoms with Gasteiger partial charge in [-0.3, -0.25) is 10.1 Å². The van der Waals surface area contributed by atoms with Gasteiger partial charge in [-0.25, -0.2) is 4.79 Å². The molecule has 1 aromatic rings. The summed E-state index contributed by atoms with van der Waals surface area (Å²) < 4.78 is 0. The molecule has 0 saturated carbocycles. The molecule has 1 aromatic carbocycles. The highest BCUT2D eigenvalue weighted by atomic mass is 16.2. The largest absolute Gasteiger partial charge is 0.336 e. The summed E-state index contributed by atoms with van der Waals surface area (Å²) in [6.07, 6.45) is 0. The van der Waals surface area contributed by atoms with Crippen LogP contribution >= 0.6 is 0 Å². The lowest BCUT2D eigenvalue weighted by molar-refractivity contribution is 0.0963. The number of rotatable bonds is 2. The Kier molecular flexibility index (Phi) is 3.85. The Morgan fingerprint density at radius 1 is 1.13 bits per heavy atom. The van der Waals surface area contributed by atoms with Crippen LogP contribution in [0.5, 0.6) is 0 Å². The summed E-state index contributed by atoms with van der Waals surface area (Å²) in [5.41, 5.74) is 0.469. The Bertz CT molecular complexity index is 347. The van der Waals surface area contributed by atoms with Crippen molar-refractivity contribution in [3.8, 4) is 0 Å². The highest BCUT2D eigenvalue weighted by molar-refractivity contribution is 6.04. The molecule has 0 spiro atoms. The quantitative estimate of drug-likeness (QED) is 0.771. The van der Waals surface area contributed by atoms with E-state index in [1.54, 1.807) is 24.3 Å². The molecule has 0 radical (unpaired) electrons. The Balaban J connectivity index is 2.53. The van der Waals surface area contributed by atoms with Gasteiger partial charge in [-0.2, -0.15) is 0 Å². The molecule has 0 unspecified atom stereocenters. The fourth-order valence-corrected chi connectivity index (χ4v) is 1.06. The number of amides is 3. The Morgan fingerprint density at radius 2 is 1.73 bits per heavy atom. The summed E-state index contributed by atoms with van der Waals surface area (Å²) in [5, 5.41) is 4.81. The molecular weight excluding hydrogens is 192 g/mol. The molecule has 0 aliphatic rings. The van der Waals surface area contributed by atoms with Crippen LogP contribution in [0.3, 0.4) is 0 Å². The van der Waals surface area contributed by atoms with E-state index in [9.17, 15) is 9.59 Å². The molecule has 0 atom stereocenters. The lowest BCUT2D eigenvalue weighted by Crippen LogP contribution is -2.42. The number of hydrogen-bond acceptors (Lipinski definition) is 2. The highest BCUT2D eigenvalue weighted by Gasteiger charge is 2.09. The van der Waals surface area contributed by atoms with Crippen LogP contribution in [-0.4, -0.2) is 18.0 Å². The molecule has 1 rings (SSSR count). The summed E-state index contributed by atoms with van der Waals surface area (Å²) in [6, 6.07) is 8.14. The lowest BCUT2D eigenvalue weighted by atomic mass is 10.2. The van der Waals surface area contributed by atoms with Crippen molar-refractivity contribution in [2.24, 2.45) is 0 Å². The van der Waals surface area contributed by atoms with Gasteiger partial charge in [0.2, 0.25) is 0 Å². The Hall–Kier alpha value is -1.84. The van der Waals surface area contributed by atoms with Crippen LogP contribution in [0.15, 0.2) is 30.3 Å². The number of carbonyl (C=O) groups is 2. The van der Waals surface area contributed by atoms with Gasteiger partial charge in [0.25, 0.3) is 5.91 Å². The third kappa shape index (κ3) is 3.81. The van der Waals surface area contributed by atoms with E-state index in [1.807, 2.05) is 19.9 Å². The first kappa shape index (κ1) is 11.2. The molecule has 0 bridgehead atoms. The van der Waals surface area contributed by atoms with Crippen LogP contribution < -0.4 is 10.6 Å². The van der Waals surface area contributed by atoms with Crippen molar-refractivity contribution < 1.29 is 9.59 Å². The van der Waals surface area contributed by atoms with Gasteiger partial charge in [0.05, 0.1) is 0 Å². The second-order valence-electron chi connectivity index (χ2n) is 3.45. The predicted octanol–water partition coefficient (Wildman–Crippen LogP) is 1.53. The normalized spacial score (nSPS) is 9.80. The number of urea groups is 1. The SMILES string of the molecule is CC(C)NC(=O)NC(=O)c1ccccc1. The summed E-state index contributed by atoms with van der Waals surface area (Å²) in [7, 11) is 0. The fourth-order valence-electron chi connectivity index (χ4n) is 1.06. The maximum atomic E-state index is 11.5. The number of carbonyl (C=O) groups excluding carboxylic acids is 2. The fraction of sp³-hybridized carbons (Fsp3) is 0.273. The van der Waals surface area contributed by atoms with Gasteiger partial charge in [0, 0.05) is 11.6 Å². The molecule has 0 heterocycles. The average molecular weight is 206 g/mol. The molecule has 3 amide bonds. The van der Waals surface area contributed by atoms with Crippen molar-refractivity contribution in [1.82, 2.24) is 10.6 Å². The average Bonchev–Trinajstić information content (AvgIpc) is 2.17. The van der Waals surface area contributed by atoms with E-state index in [1.165, 1.54) is 0 Å². The first-order valence-electron chi connectivity index (χ1n) is 4.76. The standard InChI is InChI=1S/C11H14N2O2/c1-8(2)12-11(15)13-10(14)9-6-4-3-5-7-9/h3-8H,1-2H3,(H2,12,13,14,15). The minimum atomic E-state index is -0.473. The zero-order valence-corrected chi connectivity index (χ0v) is 8.78. The molecule has 15 heavy (non-hydrogen) atoms. The highest BCUT2D eigenvalue weighted by Crippen LogP contribution is 1.97. The van der Waals surface area contributed by atoms with Gasteiger partial charge in [-0.05, 0) is 26.0 Å². The minimum absolute atomic E-state index is 0.00794. The van der Waals surface area contributed by atoms with Crippen molar-refractivity contribution in [3.05, 3.63) is 35.9 Å². The number of imide groups is 1. The van der Waals surface area contributed by atoms with E-state index in [0.29, 0.717) is 5.56 Å².